The topological polar surface area (TPSA) is 9.23 Å². The van der Waals surface area contributed by atoms with Gasteiger partial charge in [0, 0.05) is 6.42 Å². The largest absolute Gasteiger partial charge is 0.490 e. The lowest BCUT2D eigenvalue weighted by molar-refractivity contribution is 0.0850. The van der Waals surface area contributed by atoms with E-state index in [0.29, 0.717) is 5.92 Å². The molecule has 21 heavy (non-hydrogen) atoms. The summed E-state index contributed by atoms with van der Waals surface area (Å²) in [6.45, 7) is 8.04. The fourth-order valence-electron chi connectivity index (χ4n) is 2.18. The van der Waals surface area contributed by atoms with Crippen LogP contribution in [-0.2, 0) is 0 Å². The van der Waals surface area contributed by atoms with E-state index in [-0.39, 0.29) is 18.8 Å². The Kier molecular flexibility index (Phi) is 6.56. The Morgan fingerprint density at radius 2 is 1.95 bits per heavy atom. The molecule has 0 radical (unpaired) electrons. The van der Waals surface area contributed by atoms with Crippen LogP contribution < -0.4 is 4.74 Å². The van der Waals surface area contributed by atoms with Crippen LogP contribution in [0.3, 0.4) is 0 Å². The van der Waals surface area contributed by atoms with Gasteiger partial charge in [0.2, 0.25) is 0 Å². The van der Waals surface area contributed by atoms with Crippen molar-refractivity contribution < 1.29 is 17.9 Å². The van der Waals surface area contributed by atoms with E-state index in [0.717, 1.165) is 18.4 Å². The summed E-state index contributed by atoms with van der Waals surface area (Å²) in [5.74, 6) is -3.47. The van der Waals surface area contributed by atoms with E-state index in [9.17, 15) is 13.2 Å². The van der Waals surface area contributed by atoms with Gasteiger partial charge in [0.05, 0.1) is 12.5 Å². The summed E-state index contributed by atoms with van der Waals surface area (Å²) in [6, 6.07) is 4.71. The zero-order valence-electron chi connectivity index (χ0n) is 13.3. The van der Waals surface area contributed by atoms with Crippen molar-refractivity contribution in [3.05, 3.63) is 29.6 Å². The third-order valence-corrected chi connectivity index (χ3v) is 3.64. The van der Waals surface area contributed by atoms with Gasteiger partial charge in [0.15, 0.2) is 11.6 Å². The summed E-state index contributed by atoms with van der Waals surface area (Å²) in [5, 5.41) is 0. The van der Waals surface area contributed by atoms with Gasteiger partial charge in [-0.3, -0.25) is 0 Å². The number of halogens is 3. The van der Waals surface area contributed by atoms with Crippen molar-refractivity contribution in [1.29, 1.82) is 0 Å². The molecule has 1 aliphatic rings. The molecular weight excluding hydrogens is 277 g/mol. The van der Waals surface area contributed by atoms with Gasteiger partial charge < -0.3 is 4.74 Å². The minimum absolute atomic E-state index is 0.0863. The van der Waals surface area contributed by atoms with Crippen LogP contribution in [0.25, 0.3) is 0 Å². The van der Waals surface area contributed by atoms with E-state index in [1.165, 1.54) is 6.07 Å². The molecule has 0 heterocycles. The van der Waals surface area contributed by atoms with Crippen molar-refractivity contribution in [2.45, 2.75) is 58.8 Å². The van der Waals surface area contributed by atoms with Crippen LogP contribution >= 0.6 is 0 Å². The Morgan fingerprint density at radius 3 is 2.48 bits per heavy atom. The quantitative estimate of drug-likeness (QED) is 0.646. The highest BCUT2D eigenvalue weighted by Gasteiger charge is 2.57. The Bertz CT molecular complexity index is 446. The molecule has 0 spiro atoms. The summed E-state index contributed by atoms with van der Waals surface area (Å²) in [4.78, 5) is 0. The van der Waals surface area contributed by atoms with Crippen molar-refractivity contribution in [1.82, 2.24) is 0 Å². The van der Waals surface area contributed by atoms with Gasteiger partial charge in [-0.2, -0.15) is 0 Å². The first-order valence-corrected chi connectivity index (χ1v) is 7.74. The zero-order valence-corrected chi connectivity index (χ0v) is 13.3. The molecule has 4 heteroatoms. The van der Waals surface area contributed by atoms with E-state index in [4.69, 9.17) is 4.74 Å². The third-order valence-electron chi connectivity index (χ3n) is 3.64. The van der Waals surface area contributed by atoms with Crippen LogP contribution in [0.15, 0.2) is 18.2 Å². The molecule has 1 aromatic rings. The maximum Gasteiger partial charge on any atom is 0.255 e. The van der Waals surface area contributed by atoms with E-state index in [2.05, 4.69) is 13.8 Å². The van der Waals surface area contributed by atoms with Crippen molar-refractivity contribution >= 4 is 0 Å². The van der Waals surface area contributed by atoms with Crippen LogP contribution in [0.5, 0.6) is 5.75 Å². The van der Waals surface area contributed by atoms with Gasteiger partial charge in [-0.05, 0) is 30.0 Å². The van der Waals surface area contributed by atoms with E-state index in [1.54, 1.807) is 12.1 Å². The molecule has 2 unspecified atom stereocenters. The standard InChI is InChI=1S/C15H19F3O.C2H6/c1-3-4-10(2)11-5-6-13(16)14(7-11)19-9-12-8-15(12,17)18;1-2/h5-7,10,12H,3-4,8-9H2,1-2H3;1-2H3. The second kappa shape index (κ2) is 7.71. The minimum atomic E-state index is -2.62. The lowest BCUT2D eigenvalue weighted by Crippen LogP contribution is -2.07. The van der Waals surface area contributed by atoms with E-state index in [1.807, 2.05) is 13.8 Å². The van der Waals surface area contributed by atoms with Crippen molar-refractivity contribution in [3.8, 4) is 5.75 Å². The second-order valence-corrected chi connectivity index (χ2v) is 5.35. The fourth-order valence-corrected chi connectivity index (χ4v) is 2.18. The number of benzene rings is 1. The first-order valence-electron chi connectivity index (χ1n) is 7.74. The predicted molar refractivity (Wildman–Crippen MR) is 79.6 cm³/mol. The summed E-state index contributed by atoms with van der Waals surface area (Å²) in [7, 11) is 0. The highest BCUT2D eigenvalue weighted by atomic mass is 19.3. The Hall–Kier alpha value is -1.19. The lowest BCUT2D eigenvalue weighted by Gasteiger charge is -2.13. The molecule has 120 valence electrons. The predicted octanol–water partition coefficient (Wildman–Crippen LogP) is 5.79. The fraction of sp³-hybridized carbons (Fsp3) is 0.647. The molecule has 0 saturated heterocycles. The van der Waals surface area contributed by atoms with Gasteiger partial charge in [0.25, 0.3) is 5.92 Å². The Balaban J connectivity index is 0.00000106. The Morgan fingerprint density at radius 1 is 1.33 bits per heavy atom. The van der Waals surface area contributed by atoms with Gasteiger partial charge in [-0.1, -0.05) is 40.2 Å². The van der Waals surface area contributed by atoms with Crippen molar-refractivity contribution in [3.63, 3.8) is 0 Å². The number of rotatable bonds is 6. The van der Waals surface area contributed by atoms with Crippen molar-refractivity contribution in [2.75, 3.05) is 6.61 Å². The zero-order chi connectivity index (χ0) is 16.0. The van der Waals surface area contributed by atoms with Crippen LogP contribution in [0.1, 0.15) is 58.4 Å². The molecule has 1 fully saturated rings. The van der Waals surface area contributed by atoms with Crippen molar-refractivity contribution in [2.24, 2.45) is 5.92 Å². The molecule has 1 nitrogen and oxygen atoms in total. The lowest BCUT2D eigenvalue weighted by atomic mass is 9.96. The summed E-state index contributed by atoms with van der Waals surface area (Å²) in [6.07, 6.45) is 1.90. The van der Waals surface area contributed by atoms with E-state index >= 15 is 0 Å². The highest BCUT2D eigenvalue weighted by molar-refractivity contribution is 5.32. The summed E-state index contributed by atoms with van der Waals surface area (Å²) >= 11 is 0. The molecule has 1 aliphatic carbocycles. The molecule has 2 atom stereocenters. The average Bonchev–Trinajstić information content (AvgIpc) is 3.08. The molecule has 2 rings (SSSR count). The number of hydrogen-bond donors (Lipinski definition) is 0. The normalized spacial score (nSPS) is 20.2. The maximum absolute atomic E-state index is 13.6. The molecular formula is C17H25F3O. The monoisotopic (exact) mass is 302 g/mol. The molecule has 0 bridgehead atoms. The molecule has 0 N–H and O–H groups in total. The first-order chi connectivity index (χ1) is 9.94. The van der Waals surface area contributed by atoms with Gasteiger partial charge >= 0.3 is 0 Å². The van der Waals surface area contributed by atoms with Crippen LogP contribution in [-0.4, -0.2) is 12.5 Å². The highest BCUT2D eigenvalue weighted by Crippen LogP contribution is 2.48. The number of ether oxygens (including phenoxy) is 1. The SMILES string of the molecule is CC.CCCC(C)c1ccc(F)c(OCC2CC2(F)F)c1. The minimum Gasteiger partial charge on any atom is -0.490 e. The molecule has 0 aromatic heterocycles. The third kappa shape index (κ3) is 4.94. The molecule has 0 aliphatic heterocycles. The van der Waals surface area contributed by atoms with Crippen LogP contribution in [0, 0.1) is 11.7 Å². The summed E-state index contributed by atoms with van der Waals surface area (Å²) in [5.41, 5.74) is 0.987. The Labute approximate surface area is 125 Å². The first kappa shape index (κ1) is 17.9. The van der Waals surface area contributed by atoms with E-state index < -0.39 is 17.7 Å². The van der Waals surface area contributed by atoms with Crippen LogP contribution in [0.2, 0.25) is 0 Å². The maximum atomic E-state index is 13.6. The second-order valence-electron chi connectivity index (χ2n) is 5.35. The number of hydrogen-bond acceptors (Lipinski definition) is 1. The van der Waals surface area contributed by atoms with Gasteiger partial charge in [-0.15, -0.1) is 0 Å². The smallest absolute Gasteiger partial charge is 0.255 e. The molecule has 0 amide bonds. The van der Waals surface area contributed by atoms with Gasteiger partial charge in [-0.25, -0.2) is 13.2 Å². The molecule has 1 saturated carbocycles. The molecule has 1 aromatic carbocycles. The summed E-state index contributed by atoms with van der Waals surface area (Å²) < 4.78 is 44.2. The number of alkyl halides is 2. The van der Waals surface area contributed by atoms with Gasteiger partial charge in [0.1, 0.15) is 0 Å². The average molecular weight is 302 g/mol. The van der Waals surface area contributed by atoms with Crippen LogP contribution in [0.4, 0.5) is 13.2 Å².